The number of carbonyl (C=O) groups excluding carboxylic acids is 2. The van der Waals surface area contributed by atoms with Crippen LogP contribution >= 0.6 is 0 Å². The summed E-state index contributed by atoms with van der Waals surface area (Å²) in [5.41, 5.74) is 0.970. The molecular formula is C19H23NO5. The number of nitro groups is 1. The Hall–Kier alpha value is -2.76. The molecule has 0 saturated heterocycles. The summed E-state index contributed by atoms with van der Waals surface area (Å²) in [4.78, 5) is 33.6. The maximum absolute atomic E-state index is 11.9. The number of hydrogen-bond donors (Lipinski definition) is 0. The first-order valence-electron chi connectivity index (χ1n) is 8.11. The van der Waals surface area contributed by atoms with Crippen molar-refractivity contribution in [1.82, 2.24) is 0 Å². The lowest BCUT2D eigenvalue weighted by Gasteiger charge is -2.04. The van der Waals surface area contributed by atoms with Gasteiger partial charge in [0, 0.05) is 17.7 Å². The van der Waals surface area contributed by atoms with Gasteiger partial charge < -0.3 is 4.74 Å². The second kappa shape index (κ2) is 10.2. The van der Waals surface area contributed by atoms with Gasteiger partial charge in [0.05, 0.1) is 11.2 Å². The van der Waals surface area contributed by atoms with Gasteiger partial charge in [0.1, 0.15) is 6.42 Å². The Labute approximate surface area is 147 Å². The molecule has 1 rings (SSSR count). The third-order valence-electron chi connectivity index (χ3n) is 3.49. The number of esters is 1. The van der Waals surface area contributed by atoms with Crippen LogP contribution in [0.3, 0.4) is 0 Å². The number of carbonyl (C=O) groups is 2. The number of benzene rings is 1. The summed E-state index contributed by atoms with van der Waals surface area (Å²) >= 11 is 0. The van der Waals surface area contributed by atoms with Gasteiger partial charge in [0.15, 0.2) is 5.78 Å². The van der Waals surface area contributed by atoms with Gasteiger partial charge >= 0.3 is 5.97 Å². The Morgan fingerprint density at radius 3 is 2.48 bits per heavy atom. The molecule has 0 atom stereocenters. The fourth-order valence-electron chi connectivity index (χ4n) is 2.07. The number of Topliss-reactive ketones (excluding diaryl/α,β-unsaturated/α-hetero) is 1. The zero-order chi connectivity index (χ0) is 18.8. The highest BCUT2D eigenvalue weighted by atomic mass is 16.6. The molecule has 0 radical (unpaired) electrons. The van der Waals surface area contributed by atoms with Gasteiger partial charge in [0.25, 0.3) is 5.69 Å². The molecule has 0 aliphatic heterocycles. The van der Waals surface area contributed by atoms with E-state index in [-0.39, 0.29) is 11.3 Å². The fourth-order valence-corrected chi connectivity index (χ4v) is 2.07. The van der Waals surface area contributed by atoms with Crippen LogP contribution in [0.5, 0.6) is 0 Å². The quantitative estimate of drug-likeness (QED) is 0.118. The molecule has 1 aromatic carbocycles. The van der Waals surface area contributed by atoms with Gasteiger partial charge in [-0.3, -0.25) is 19.7 Å². The van der Waals surface area contributed by atoms with E-state index in [1.54, 1.807) is 6.08 Å². The summed E-state index contributed by atoms with van der Waals surface area (Å²) in [6, 6.07) is 5.08. The van der Waals surface area contributed by atoms with E-state index in [4.69, 9.17) is 4.74 Å². The van der Waals surface area contributed by atoms with Crippen molar-refractivity contribution in [3.8, 4) is 0 Å². The fraction of sp³-hybridized carbons (Fsp3) is 0.368. The summed E-state index contributed by atoms with van der Waals surface area (Å²) < 4.78 is 4.88. The van der Waals surface area contributed by atoms with Gasteiger partial charge in [-0.05, 0) is 37.0 Å². The first-order valence-corrected chi connectivity index (χ1v) is 8.11. The van der Waals surface area contributed by atoms with E-state index in [1.165, 1.54) is 30.5 Å². The molecule has 0 aromatic heterocycles. The molecule has 0 amide bonds. The number of hydrogen-bond acceptors (Lipinski definition) is 5. The molecule has 0 aliphatic carbocycles. The minimum atomic E-state index is -0.686. The molecule has 0 bridgehead atoms. The Morgan fingerprint density at radius 2 is 1.92 bits per heavy atom. The second-order valence-electron chi connectivity index (χ2n) is 6.14. The van der Waals surface area contributed by atoms with Crippen molar-refractivity contribution in [1.29, 1.82) is 0 Å². The monoisotopic (exact) mass is 345 g/mol. The van der Waals surface area contributed by atoms with Crippen molar-refractivity contribution >= 4 is 17.4 Å². The molecule has 0 fully saturated rings. The lowest BCUT2D eigenvalue weighted by Crippen LogP contribution is -2.09. The zero-order valence-corrected chi connectivity index (χ0v) is 14.6. The first-order chi connectivity index (χ1) is 11.8. The number of allylic oxidation sites excluding steroid dienone is 2. The van der Waals surface area contributed by atoms with Crippen molar-refractivity contribution in [2.75, 3.05) is 0 Å². The van der Waals surface area contributed by atoms with Crippen molar-refractivity contribution in [2.24, 2.45) is 5.92 Å². The van der Waals surface area contributed by atoms with Crippen LogP contribution in [-0.2, 0) is 9.53 Å². The Morgan fingerprint density at radius 1 is 1.28 bits per heavy atom. The number of nitrogens with zero attached hydrogens (tertiary/aromatic N) is 1. The Bertz CT molecular complexity index is 659. The third kappa shape index (κ3) is 8.06. The highest BCUT2D eigenvalue weighted by Crippen LogP contribution is 2.14. The lowest BCUT2D eigenvalue weighted by molar-refractivity contribution is -0.384. The summed E-state index contributed by atoms with van der Waals surface area (Å²) in [5, 5.41) is 10.6. The Balaban J connectivity index is 2.40. The van der Waals surface area contributed by atoms with Gasteiger partial charge in [-0.25, -0.2) is 0 Å². The van der Waals surface area contributed by atoms with Crippen LogP contribution < -0.4 is 0 Å². The van der Waals surface area contributed by atoms with E-state index >= 15 is 0 Å². The molecule has 0 heterocycles. The number of ketones is 1. The molecule has 6 heteroatoms. The Kier molecular flexibility index (Phi) is 8.26. The highest BCUT2D eigenvalue weighted by Gasteiger charge is 2.14. The normalized spacial score (nSPS) is 10.8. The van der Waals surface area contributed by atoms with Gasteiger partial charge in [0.2, 0.25) is 0 Å². The smallest absolute Gasteiger partial charge is 0.318 e. The largest absolute Gasteiger partial charge is 0.434 e. The van der Waals surface area contributed by atoms with Gasteiger partial charge in [-0.2, -0.15) is 0 Å². The van der Waals surface area contributed by atoms with E-state index in [1.807, 2.05) is 0 Å². The summed E-state index contributed by atoms with van der Waals surface area (Å²) in [7, 11) is 0. The van der Waals surface area contributed by atoms with Crippen molar-refractivity contribution in [2.45, 2.75) is 39.5 Å². The summed E-state index contributed by atoms with van der Waals surface area (Å²) in [6.45, 7) is 8.19. The van der Waals surface area contributed by atoms with Crippen LogP contribution in [0.25, 0.3) is 0 Å². The summed E-state index contributed by atoms with van der Waals surface area (Å²) in [5.74, 6) is -0.501. The number of ether oxygens (including phenoxy) is 1. The maximum Gasteiger partial charge on any atom is 0.318 e. The minimum Gasteiger partial charge on any atom is -0.434 e. The van der Waals surface area contributed by atoms with Gasteiger partial charge in [-0.1, -0.05) is 32.4 Å². The predicted octanol–water partition coefficient (Wildman–Crippen LogP) is 4.61. The second-order valence-corrected chi connectivity index (χ2v) is 6.14. The van der Waals surface area contributed by atoms with Gasteiger partial charge in [-0.15, -0.1) is 0 Å². The van der Waals surface area contributed by atoms with Crippen LogP contribution in [0.1, 0.15) is 49.9 Å². The number of non-ortho nitro benzene ring substituents is 1. The summed E-state index contributed by atoms with van der Waals surface area (Å²) in [6.07, 6.45) is 5.39. The van der Waals surface area contributed by atoms with Crippen molar-refractivity contribution in [3.63, 3.8) is 0 Å². The molecule has 0 aliphatic rings. The number of nitro benzene ring substituents is 1. The van der Waals surface area contributed by atoms with Crippen molar-refractivity contribution in [3.05, 3.63) is 64.4 Å². The van der Waals surface area contributed by atoms with E-state index < -0.39 is 23.1 Å². The molecule has 0 unspecified atom stereocenters. The predicted molar refractivity (Wildman–Crippen MR) is 95.1 cm³/mol. The van der Waals surface area contributed by atoms with E-state index in [0.717, 1.165) is 24.8 Å². The topological polar surface area (TPSA) is 86.5 Å². The molecule has 6 nitrogen and oxygen atoms in total. The SMILES string of the molecule is C=C(C=COC(=O)CC(=O)c1ccc([N+](=O)[O-])cc1)CCCC(C)C. The van der Waals surface area contributed by atoms with Crippen LogP contribution in [0.15, 0.2) is 48.8 Å². The maximum atomic E-state index is 11.9. The molecule has 0 N–H and O–H groups in total. The molecular weight excluding hydrogens is 322 g/mol. The first kappa shape index (κ1) is 20.3. The molecule has 25 heavy (non-hydrogen) atoms. The van der Waals surface area contributed by atoms with Crippen molar-refractivity contribution < 1.29 is 19.2 Å². The highest BCUT2D eigenvalue weighted by molar-refractivity contribution is 6.06. The zero-order valence-electron chi connectivity index (χ0n) is 14.6. The van der Waals surface area contributed by atoms with Crippen LogP contribution in [0, 0.1) is 16.0 Å². The number of rotatable bonds is 10. The van der Waals surface area contributed by atoms with E-state index in [0.29, 0.717) is 5.92 Å². The molecule has 134 valence electrons. The third-order valence-corrected chi connectivity index (χ3v) is 3.49. The van der Waals surface area contributed by atoms with Crippen LogP contribution in [0.4, 0.5) is 5.69 Å². The average Bonchev–Trinajstić information content (AvgIpc) is 2.54. The molecule has 1 aromatic rings. The minimum absolute atomic E-state index is 0.113. The molecule has 0 spiro atoms. The van der Waals surface area contributed by atoms with Crippen LogP contribution in [0.2, 0.25) is 0 Å². The molecule has 0 saturated carbocycles. The van der Waals surface area contributed by atoms with E-state index in [2.05, 4.69) is 20.4 Å². The standard InChI is InChI=1S/C19H23NO5/c1-14(2)5-4-6-15(3)11-12-25-19(22)13-18(21)16-7-9-17(10-8-16)20(23)24/h7-12,14H,3-6,13H2,1-2H3. The van der Waals surface area contributed by atoms with E-state index in [9.17, 15) is 19.7 Å². The average molecular weight is 345 g/mol. The lowest BCUT2D eigenvalue weighted by atomic mass is 10.0. The van der Waals surface area contributed by atoms with Crippen LogP contribution in [-0.4, -0.2) is 16.7 Å².